The molecule has 0 bridgehead atoms. The fourth-order valence-corrected chi connectivity index (χ4v) is 5.30. The number of rotatable bonds is 7. The first-order valence-corrected chi connectivity index (χ1v) is 13.1. The summed E-state index contributed by atoms with van der Waals surface area (Å²) in [5, 5.41) is 2.50. The Kier molecular flexibility index (Phi) is 8.60. The topological polar surface area (TPSA) is 48.1 Å². The van der Waals surface area contributed by atoms with E-state index in [2.05, 4.69) is 29.0 Å². The first-order chi connectivity index (χ1) is 16.7. The third-order valence-electron chi connectivity index (χ3n) is 7.66. The fourth-order valence-electron chi connectivity index (χ4n) is 5.30. The number of hydrogen-bond donors (Lipinski definition) is 1. The molecule has 4 rings (SSSR count). The number of alkyl halides is 3. The molecule has 0 unspecified atom stereocenters. The molecule has 35 heavy (non-hydrogen) atoms. The maximum Gasteiger partial charge on any atom is 0.418 e. The lowest BCUT2D eigenvalue weighted by atomic mass is 9.90. The van der Waals surface area contributed by atoms with Crippen molar-refractivity contribution >= 4 is 11.6 Å². The first-order valence-electron chi connectivity index (χ1n) is 13.1. The Morgan fingerprint density at radius 2 is 1.77 bits per heavy atom. The predicted molar refractivity (Wildman–Crippen MR) is 131 cm³/mol. The number of carbonyl (C=O) groups excluding carboxylic acids is 1. The van der Waals surface area contributed by atoms with E-state index in [-0.39, 0.29) is 24.1 Å². The standard InChI is InChI=1S/C26H39F3N4O2/c1-19(2)32-12-4-11-31(15-16-32)18-25(34)30-24-8-7-22(17-23(24)26(27,28)29)35-21-9-13-33(14-10-21)20-5-3-6-20/h7-8,17,19-21H,3-6,9-16,18H2,1-2H3,(H,30,34). The van der Waals surface area contributed by atoms with Gasteiger partial charge in [0.05, 0.1) is 17.8 Å². The van der Waals surface area contributed by atoms with Gasteiger partial charge in [-0.05, 0) is 77.2 Å². The minimum atomic E-state index is -4.59. The van der Waals surface area contributed by atoms with Gasteiger partial charge in [0.1, 0.15) is 11.9 Å². The lowest BCUT2D eigenvalue weighted by molar-refractivity contribution is -0.137. The Hall–Kier alpha value is -1.84. The zero-order chi connectivity index (χ0) is 25.0. The highest BCUT2D eigenvalue weighted by Crippen LogP contribution is 2.38. The average molecular weight is 497 g/mol. The van der Waals surface area contributed by atoms with E-state index in [4.69, 9.17) is 4.74 Å². The number of ether oxygens (including phenoxy) is 1. The number of nitrogens with one attached hydrogen (secondary N) is 1. The van der Waals surface area contributed by atoms with Crippen LogP contribution in [0.3, 0.4) is 0 Å². The largest absolute Gasteiger partial charge is 0.490 e. The van der Waals surface area contributed by atoms with Gasteiger partial charge in [-0.15, -0.1) is 0 Å². The lowest BCUT2D eigenvalue weighted by Gasteiger charge is -2.41. The first kappa shape index (κ1) is 26.2. The zero-order valence-corrected chi connectivity index (χ0v) is 20.9. The Morgan fingerprint density at radius 1 is 1.03 bits per heavy atom. The van der Waals surface area contributed by atoms with Gasteiger partial charge in [-0.3, -0.25) is 14.6 Å². The highest BCUT2D eigenvalue weighted by atomic mass is 19.4. The van der Waals surface area contributed by atoms with Gasteiger partial charge in [-0.1, -0.05) is 6.42 Å². The molecule has 3 aliphatic rings. The van der Waals surface area contributed by atoms with Crippen molar-refractivity contribution in [1.82, 2.24) is 14.7 Å². The number of likely N-dealkylation sites (tertiary alicyclic amines) is 1. The summed E-state index contributed by atoms with van der Waals surface area (Å²) >= 11 is 0. The summed E-state index contributed by atoms with van der Waals surface area (Å²) in [6.07, 6.45) is 1.70. The molecule has 1 saturated carbocycles. The Bertz CT molecular complexity index is 851. The predicted octanol–water partition coefficient (Wildman–Crippen LogP) is 4.46. The van der Waals surface area contributed by atoms with Gasteiger partial charge in [-0.2, -0.15) is 13.2 Å². The molecule has 0 aromatic heterocycles. The second kappa shape index (κ2) is 11.5. The summed E-state index contributed by atoms with van der Waals surface area (Å²) in [6, 6.07) is 5.01. The number of hydrogen-bond acceptors (Lipinski definition) is 5. The number of amides is 1. The van der Waals surface area contributed by atoms with Crippen molar-refractivity contribution in [2.75, 3.05) is 51.1 Å². The molecule has 1 aromatic carbocycles. The van der Waals surface area contributed by atoms with Gasteiger partial charge < -0.3 is 15.0 Å². The Morgan fingerprint density at radius 3 is 2.40 bits per heavy atom. The van der Waals surface area contributed by atoms with Crippen LogP contribution in [-0.4, -0.2) is 84.6 Å². The van der Waals surface area contributed by atoms with E-state index in [1.54, 1.807) is 0 Å². The van der Waals surface area contributed by atoms with Crippen molar-refractivity contribution in [2.24, 2.45) is 0 Å². The molecule has 1 amide bonds. The van der Waals surface area contributed by atoms with Gasteiger partial charge in [0, 0.05) is 38.3 Å². The monoisotopic (exact) mass is 496 g/mol. The second-order valence-corrected chi connectivity index (χ2v) is 10.5. The van der Waals surface area contributed by atoms with E-state index < -0.39 is 17.6 Å². The Balaban J connectivity index is 1.34. The molecule has 0 spiro atoms. The normalized spacial score (nSPS) is 22.1. The third-order valence-corrected chi connectivity index (χ3v) is 7.66. The number of anilines is 1. The van der Waals surface area contributed by atoms with Crippen LogP contribution < -0.4 is 10.1 Å². The molecule has 9 heteroatoms. The summed E-state index contributed by atoms with van der Waals surface area (Å²) in [4.78, 5) is 19.5. The average Bonchev–Trinajstić information content (AvgIpc) is 3.00. The van der Waals surface area contributed by atoms with Crippen molar-refractivity contribution in [3.8, 4) is 5.75 Å². The number of piperidine rings is 1. The second-order valence-electron chi connectivity index (χ2n) is 10.5. The minimum Gasteiger partial charge on any atom is -0.490 e. The van der Waals surface area contributed by atoms with Crippen LogP contribution >= 0.6 is 0 Å². The summed E-state index contributed by atoms with van der Waals surface area (Å²) in [6.45, 7) is 9.54. The van der Waals surface area contributed by atoms with Crippen LogP contribution in [-0.2, 0) is 11.0 Å². The molecule has 3 fully saturated rings. The highest BCUT2D eigenvalue weighted by molar-refractivity contribution is 5.93. The van der Waals surface area contributed by atoms with E-state index >= 15 is 0 Å². The van der Waals surface area contributed by atoms with Gasteiger partial charge in [0.2, 0.25) is 5.91 Å². The number of halogens is 3. The van der Waals surface area contributed by atoms with Crippen molar-refractivity contribution in [3.63, 3.8) is 0 Å². The maximum atomic E-state index is 13.8. The van der Waals surface area contributed by atoms with Crippen LogP contribution in [0.25, 0.3) is 0 Å². The van der Waals surface area contributed by atoms with Crippen LogP contribution in [0.15, 0.2) is 18.2 Å². The molecular weight excluding hydrogens is 457 g/mol. The number of benzene rings is 1. The van der Waals surface area contributed by atoms with Gasteiger partial charge in [0.25, 0.3) is 0 Å². The SMILES string of the molecule is CC(C)N1CCCN(CC(=O)Nc2ccc(OC3CCN(C4CCC4)CC3)cc2C(F)(F)F)CC1. The lowest BCUT2D eigenvalue weighted by Crippen LogP contribution is -2.46. The molecule has 0 radical (unpaired) electrons. The number of nitrogens with zero attached hydrogens (tertiary/aromatic N) is 3. The van der Waals surface area contributed by atoms with Crippen molar-refractivity contribution in [1.29, 1.82) is 0 Å². The van der Waals surface area contributed by atoms with Crippen LogP contribution in [0.1, 0.15) is 57.9 Å². The molecule has 6 nitrogen and oxygen atoms in total. The molecular formula is C26H39F3N4O2. The van der Waals surface area contributed by atoms with Crippen LogP contribution in [0, 0.1) is 0 Å². The highest BCUT2D eigenvalue weighted by Gasteiger charge is 2.35. The third kappa shape index (κ3) is 7.11. The van der Waals surface area contributed by atoms with Crippen LogP contribution in [0.5, 0.6) is 5.75 Å². The fraction of sp³-hybridized carbons (Fsp3) is 0.731. The van der Waals surface area contributed by atoms with Gasteiger partial charge >= 0.3 is 6.18 Å². The summed E-state index contributed by atoms with van der Waals surface area (Å²) in [7, 11) is 0. The maximum absolute atomic E-state index is 13.8. The number of carbonyl (C=O) groups is 1. The molecule has 1 N–H and O–H groups in total. The minimum absolute atomic E-state index is 0.0821. The quantitative estimate of drug-likeness (QED) is 0.604. The molecule has 2 heterocycles. The van der Waals surface area contributed by atoms with E-state index in [9.17, 15) is 18.0 Å². The van der Waals surface area contributed by atoms with Gasteiger partial charge in [0.15, 0.2) is 0 Å². The van der Waals surface area contributed by atoms with Crippen molar-refractivity contribution in [2.45, 2.75) is 76.7 Å². The van der Waals surface area contributed by atoms with E-state index in [1.165, 1.54) is 31.4 Å². The van der Waals surface area contributed by atoms with E-state index in [0.29, 0.717) is 12.1 Å². The molecule has 0 atom stereocenters. The van der Waals surface area contributed by atoms with Crippen molar-refractivity contribution < 1.29 is 22.7 Å². The van der Waals surface area contributed by atoms with Gasteiger partial charge in [-0.25, -0.2) is 0 Å². The van der Waals surface area contributed by atoms with E-state index in [0.717, 1.165) is 64.6 Å². The summed E-state index contributed by atoms with van der Waals surface area (Å²) in [5.74, 6) is -0.218. The van der Waals surface area contributed by atoms with E-state index in [1.807, 2.05) is 4.90 Å². The molecule has 1 aromatic rings. The Labute approximate surface area is 206 Å². The van der Waals surface area contributed by atoms with Crippen molar-refractivity contribution in [3.05, 3.63) is 23.8 Å². The van der Waals surface area contributed by atoms with Crippen LogP contribution in [0.2, 0.25) is 0 Å². The van der Waals surface area contributed by atoms with Crippen LogP contribution in [0.4, 0.5) is 18.9 Å². The smallest absolute Gasteiger partial charge is 0.418 e. The molecule has 2 saturated heterocycles. The summed E-state index contributed by atoms with van der Waals surface area (Å²) < 4.78 is 47.5. The molecule has 2 aliphatic heterocycles. The molecule has 1 aliphatic carbocycles. The molecule has 196 valence electrons. The summed E-state index contributed by atoms with van der Waals surface area (Å²) in [5.41, 5.74) is -1.08. The zero-order valence-electron chi connectivity index (χ0n) is 20.9.